The summed E-state index contributed by atoms with van der Waals surface area (Å²) in [6.45, 7) is 0. The SMILES string of the molecule is NNC(=O)CC(O)(CC(=O)NN)C(=O)NN.O=C(O)C1(O)c2ccccc2-c2ccc(Cl)cc21. The van der Waals surface area contributed by atoms with Crippen molar-refractivity contribution in [2.24, 2.45) is 17.5 Å². The summed E-state index contributed by atoms with van der Waals surface area (Å²) < 4.78 is 0. The van der Waals surface area contributed by atoms with Crippen molar-refractivity contribution in [3.05, 3.63) is 58.6 Å². The number of hydrogen-bond acceptors (Lipinski definition) is 9. The van der Waals surface area contributed by atoms with E-state index >= 15 is 0 Å². The van der Waals surface area contributed by atoms with Crippen molar-refractivity contribution in [3.8, 4) is 11.1 Å². The molecule has 0 bridgehead atoms. The molecule has 0 spiro atoms. The van der Waals surface area contributed by atoms with E-state index in [-0.39, 0.29) is 0 Å². The molecule has 14 heteroatoms. The first-order chi connectivity index (χ1) is 15.9. The highest BCUT2D eigenvalue weighted by Crippen LogP contribution is 2.48. The van der Waals surface area contributed by atoms with Gasteiger partial charge in [0.1, 0.15) is 0 Å². The lowest BCUT2D eigenvalue weighted by Crippen LogP contribution is -2.54. The van der Waals surface area contributed by atoms with Crippen LogP contribution >= 0.6 is 11.6 Å². The number of carbonyl (C=O) groups excluding carboxylic acids is 3. The van der Waals surface area contributed by atoms with Gasteiger partial charge in [-0.15, -0.1) is 0 Å². The molecule has 3 amide bonds. The van der Waals surface area contributed by atoms with Crippen LogP contribution in [-0.2, 0) is 24.8 Å². The Morgan fingerprint density at radius 2 is 1.41 bits per heavy atom. The van der Waals surface area contributed by atoms with Gasteiger partial charge in [-0.25, -0.2) is 22.3 Å². The number of amides is 3. The number of nitrogens with two attached hydrogens (primary N) is 3. The van der Waals surface area contributed by atoms with E-state index in [4.69, 9.17) is 29.1 Å². The van der Waals surface area contributed by atoms with Crippen molar-refractivity contribution in [1.29, 1.82) is 0 Å². The predicted molar refractivity (Wildman–Crippen MR) is 119 cm³/mol. The van der Waals surface area contributed by atoms with Crippen LogP contribution in [-0.4, -0.2) is 44.6 Å². The quantitative estimate of drug-likeness (QED) is 0.123. The first-order valence-electron chi connectivity index (χ1n) is 9.52. The average molecular weight is 495 g/mol. The fourth-order valence-corrected chi connectivity index (χ4v) is 3.62. The highest BCUT2D eigenvalue weighted by Gasteiger charge is 2.48. The van der Waals surface area contributed by atoms with Gasteiger partial charge in [-0.1, -0.05) is 41.9 Å². The zero-order valence-corrected chi connectivity index (χ0v) is 18.3. The van der Waals surface area contributed by atoms with Gasteiger partial charge in [-0.3, -0.25) is 30.7 Å². The number of benzene rings is 2. The summed E-state index contributed by atoms with van der Waals surface area (Å²) in [5.41, 5.74) is 2.88. The molecule has 0 fully saturated rings. The van der Waals surface area contributed by atoms with Gasteiger partial charge < -0.3 is 15.3 Å². The largest absolute Gasteiger partial charge is 0.479 e. The lowest BCUT2D eigenvalue weighted by Gasteiger charge is -2.23. The number of carboxylic acids is 1. The zero-order chi connectivity index (χ0) is 25.7. The van der Waals surface area contributed by atoms with Crippen LogP contribution in [0.2, 0.25) is 5.02 Å². The molecule has 0 radical (unpaired) electrons. The summed E-state index contributed by atoms with van der Waals surface area (Å²) in [6, 6.07) is 11.9. The molecule has 0 aromatic heterocycles. The van der Waals surface area contributed by atoms with Gasteiger partial charge in [0.15, 0.2) is 5.60 Å². The Morgan fingerprint density at radius 3 is 1.91 bits per heavy atom. The van der Waals surface area contributed by atoms with Gasteiger partial charge in [0.05, 0.1) is 12.8 Å². The number of carboxylic acid groups (broad SMARTS) is 1. The number of hydrazine groups is 3. The number of fused-ring (bicyclic) bond motifs is 3. The molecule has 12 N–H and O–H groups in total. The molecule has 0 saturated heterocycles. The highest BCUT2D eigenvalue weighted by molar-refractivity contribution is 6.30. The maximum Gasteiger partial charge on any atom is 0.345 e. The van der Waals surface area contributed by atoms with E-state index in [0.717, 1.165) is 5.56 Å². The third kappa shape index (κ3) is 5.14. The van der Waals surface area contributed by atoms with Gasteiger partial charge in [0.25, 0.3) is 5.91 Å². The van der Waals surface area contributed by atoms with Crippen LogP contribution in [0.3, 0.4) is 0 Å². The summed E-state index contributed by atoms with van der Waals surface area (Å²) in [5, 5.41) is 30.1. The molecule has 0 aliphatic heterocycles. The number of nitrogens with one attached hydrogen (secondary N) is 3. The average Bonchev–Trinajstić information content (AvgIpc) is 3.07. The van der Waals surface area contributed by atoms with Gasteiger partial charge in [-0.2, -0.15) is 0 Å². The van der Waals surface area contributed by atoms with Crippen LogP contribution in [0.1, 0.15) is 24.0 Å². The summed E-state index contributed by atoms with van der Waals surface area (Å²) in [7, 11) is 0. The summed E-state index contributed by atoms with van der Waals surface area (Å²) in [6.07, 6.45) is -1.44. The zero-order valence-electron chi connectivity index (χ0n) is 17.5. The van der Waals surface area contributed by atoms with E-state index in [0.29, 0.717) is 21.7 Å². The van der Waals surface area contributed by atoms with Crippen molar-refractivity contribution in [2.45, 2.75) is 24.0 Å². The Labute approximate surface area is 197 Å². The minimum Gasteiger partial charge on any atom is -0.479 e. The van der Waals surface area contributed by atoms with Crippen LogP contribution in [0.4, 0.5) is 0 Å². The Balaban J connectivity index is 0.000000243. The molecule has 1 aliphatic rings. The predicted octanol–water partition coefficient (Wildman–Crippen LogP) is -1.89. The maximum atomic E-state index is 11.5. The topological polar surface area (TPSA) is 243 Å². The molecular formula is C20H23ClN6O7. The van der Waals surface area contributed by atoms with Gasteiger partial charge in [-0.05, 0) is 23.3 Å². The molecule has 2 aromatic rings. The molecule has 13 nitrogen and oxygen atoms in total. The van der Waals surface area contributed by atoms with E-state index in [2.05, 4.69) is 0 Å². The Kier molecular flexibility index (Phi) is 8.28. The molecule has 3 rings (SSSR count). The lowest BCUT2D eigenvalue weighted by atomic mass is 9.92. The number of rotatable bonds is 6. The van der Waals surface area contributed by atoms with E-state index < -0.39 is 47.7 Å². The fourth-order valence-electron chi connectivity index (χ4n) is 3.45. The van der Waals surface area contributed by atoms with E-state index in [1.165, 1.54) is 6.07 Å². The second-order valence-electron chi connectivity index (χ2n) is 7.24. The summed E-state index contributed by atoms with van der Waals surface area (Å²) >= 11 is 5.89. The molecular weight excluding hydrogens is 472 g/mol. The van der Waals surface area contributed by atoms with Gasteiger partial charge in [0.2, 0.25) is 17.4 Å². The molecule has 1 atom stereocenters. The molecule has 34 heavy (non-hydrogen) atoms. The number of aliphatic carboxylic acids is 1. The van der Waals surface area contributed by atoms with E-state index in [1.54, 1.807) is 46.6 Å². The lowest BCUT2D eigenvalue weighted by molar-refractivity contribution is -0.154. The van der Waals surface area contributed by atoms with E-state index in [9.17, 15) is 34.5 Å². The van der Waals surface area contributed by atoms with Crippen molar-refractivity contribution in [2.75, 3.05) is 0 Å². The standard InChI is InChI=1S/C14H9ClO3.C6H14N6O4/c15-8-5-6-10-9-3-1-2-4-11(9)14(18,13(16)17)12(10)7-8;7-10-3(13)1-6(16,5(15)12-9)2-4(14)11-8/h1-7,18H,(H,16,17);16H,1-2,7-9H2,(H,10,13)(H,11,14)(H,12,15). The third-order valence-corrected chi connectivity index (χ3v) is 5.30. The third-order valence-electron chi connectivity index (χ3n) is 5.07. The van der Waals surface area contributed by atoms with Crippen LogP contribution < -0.4 is 33.8 Å². The smallest absolute Gasteiger partial charge is 0.345 e. The Hall–Kier alpha value is -3.59. The fraction of sp³-hybridized carbons (Fsp3) is 0.200. The minimum atomic E-state index is -2.30. The molecule has 1 aliphatic carbocycles. The van der Waals surface area contributed by atoms with Crippen molar-refractivity contribution >= 4 is 35.3 Å². The maximum absolute atomic E-state index is 11.5. The number of carbonyl (C=O) groups is 4. The molecule has 0 heterocycles. The van der Waals surface area contributed by atoms with Gasteiger partial charge in [0, 0.05) is 16.1 Å². The van der Waals surface area contributed by atoms with Crippen LogP contribution in [0, 0.1) is 0 Å². The molecule has 182 valence electrons. The monoisotopic (exact) mass is 494 g/mol. The number of halogens is 1. The van der Waals surface area contributed by atoms with Gasteiger partial charge >= 0.3 is 5.97 Å². The van der Waals surface area contributed by atoms with Crippen LogP contribution in [0.15, 0.2) is 42.5 Å². The molecule has 1 unspecified atom stereocenters. The normalized spacial score (nSPS) is 15.7. The summed E-state index contributed by atoms with van der Waals surface area (Å²) in [4.78, 5) is 44.6. The van der Waals surface area contributed by atoms with E-state index in [1.807, 2.05) is 6.07 Å². The second-order valence-corrected chi connectivity index (χ2v) is 7.68. The first-order valence-corrected chi connectivity index (χ1v) is 9.90. The van der Waals surface area contributed by atoms with Crippen molar-refractivity contribution in [1.82, 2.24) is 16.3 Å². The first kappa shape index (κ1) is 26.7. The van der Waals surface area contributed by atoms with Crippen molar-refractivity contribution < 1.29 is 34.5 Å². The summed E-state index contributed by atoms with van der Waals surface area (Å²) in [5.74, 6) is 10.3. The number of hydrogen-bond donors (Lipinski definition) is 9. The van der Waals surface area contributed by atoms with Crippen LogP contribution in [0.5, 0.6) is 0 Å². The second kappa shape index (κ2) is 10.6. The highest BCUT2D eigenvalue weighted by atomic mass is 35.5. The molecule has 2 aromatic carbocycles. The molecule has 0 saturated carbocycles. The minimum absolute atomic E-state index is 0.323. The number of aliphatic hydroxyl groups is 2. The van der Waals surface area contributed by atoms with Crippen LogP contribution in [0.25, 0.3) is 11.1 Å². The van der Waals surface area contributed by atoms with Crippen molar-refractivity contribution in [3.63, 3.8) is 0 Å². The Bertz CT molecular complexity index is 1110. The Morgan fingerprint density at radius 1 is 0.882 bits per heavy atom.